The minimum atomic E-state index is -4.55. The van der Waals surface area contributed by atoms with Gasteiger partial charge < -0.3 is 9.47 Å². The molecule has 0 saturated carbocycles. The first kappa shape index (κ1) is 37.0. The van der Waals surface area contributed by atoms with E-state index < -0.39 is 10.1 Å². The van der Waals surface area contributed by atoms with Crippen molar-refractivity contribution in [1.29, 1.82) is 0 Å². The summed E-state index contributed by atoms with van der Waals surface area (Å²) in [5.41, 5.74) is 0. The molecular weight excluding hydrogens is 552 g/mol. The van der Waals surface area contributed by atoms with Gasteiger partial charge in [-0.3, -0.25) is 4.55 Å². The molecule has 0 aliphatic heterocycles. The largest absolute Gasteiger partial charge is 0.492 e. The Balaban J connectivity index is 2.53. The van der Waals surface area contributed by atoms with Crippen LogP contribution in [0, 0.1) is 0 Å². The number of hydrogen-bond acceptors (Lipinski definition) is 8. The number of hydrogen-bond donors (Lipinski definition) is 2. The van der Waals surface area contributed by atoms with Crippen LogP contribution in [0.25, 0.3) is 0 Å². The van der Waals surface area contributed by atoms with Crippen LogP contribution in [0.1, 0.15) is 142 Å². The van der Waals surface area contributed by atoms with E-state index in [-0.39, 0.29) is 16.4 Å². The second kappa shape index (κ2) is 24.5. The van der Waals surface area contributed by atoms with Gasteiger partial charge in [0.25, 0.3) is 10.1 Å². The lowest BCUT2D eigenvalue weighted by molar-refractivity contribution is -0.432. The molecule has 10 heteroatoms. The van der Waals surface area contributed by atoms with Gasteiger partial charge in [0.1, 0.15) is 16.4 Å². The zero-order chi connectivity index (χ0) is 29.3. The average Bonchev–Trinajstić information content (AvgIpc) is 2.93. The lowest BCUT2D eigenvalue weighted by Gasteiger charge is -2.15. The molecule has 0 spiro atoms. The first-order valence-electron chi connectivity index (χ1n) is 15.5. The summed E-state index contributed by atoms with van der Waals surface area (Å²) in [7, 11) is -4.55. The highest BCUT2D eigenvalue weighted by Crippen LogP contribution is 2.38. The Morgan fingerprint density at radius 3 is 1.43 bits per heavy atom. The number of rotatable bonds is 28. The molecule has 0 bridgehead atoms. The SMILES string of the molecule is CCCCCCCCCCCCOc1cc(S(=O)(=O)O)c(OCCCCCCCCCCCC)cc1SOOO. The van der Waals surface area contributed by atoms with E-state index in [9.17, 15) is 13.0 Å². The molecule has 234 valence electrons. The summed E-state index contributed by atoms with van der Waals surface area (Å²) in [6.45, 7) is 5.15. The topological polar surface area (TPSA) is 112 Å². The summed E-state index contributed by atoms with van der Waals surface area (Å²) in [5, 5.41) is 12.3. The van der Waals surface area contributed by atoms with E-state index in [1.165, 1.54) is 102 Å². The molecule has 0 aliphatic carbocycles. The van der Waals surface area contributed by atoms with Crippen molar-refractivity contribution < 1.29 is 37.1 Å². The Bertz CT molecular complexity index is 848. The highest BCUT2D eigenvalue weighted by molar-refractivity contribution is 7.94. The fraction of sp³-hybridized carbons (Fsp3) is 0.800. The first-order chi connectivity index (χ1) is 19.4. The third-order valence-electron chi connectivity index (χ3n) is 6.95. The maximum absolute atomic E-state index is 12.1. The highest BCUT2D eigenvalue weighted by Gasteiger charge is 2.22. The van der Waals surface area contributed by atoms with Crippen LogP contribution in [0.2, 0.25) is 0 Å². The Morgan fingerprint density at radius 1 is 0.625 bits per heavy atom. The second-order valence-electron chi connectivity index (χ2n) is 10.5. The molecule has 1 aromatic carbocycles. The summed E-state index contributed by atoms with van der Waals surface area (Å²) < 4.78 is 50.2. The van der Waals surface area contributed by atoms with Crippen molar-refractivity contribution in [2.45, 2.75) is 152 Å². The maximum Gasteiger partial charge on any atom is 0.298 e. The minimum absolute atomic E-state index is 0.00810. The predicted octanol–water partition coefficient (Wildman–Crippen LogP) is 9.96. The number of unbranched alkanes of at least 4 members (excludes halogenated alkanes) is 18. The van der Waals surface area contributed by atoms with Crippen molar-refractivity contribution >= 4 is 22.2 Å². The van der Waals surface area contributed by atoms with E-state index >= 15 is 0 Å². The number of ether oxygens (including phenoxy) is 2. The van der Waals surface area contributed by atoms with Crippen LogP contribution in [0.3, 0.4) is 0 Å². The van der Waals surface area contributed by atoms with E-state index in [1.807, 2.05) is 0 Å². The first-order valence-corrected chi connectivity index (χ1v) is 17.7. The van der Waals surface area contributed by atoms with Crippen molar-refractivity contribution in [1.82, 2.24) is 0 Å². The molecule has 0 aromatic heterocycles. The van der Waals surface area contributed by atoms with Crippen LogP contribution >= 0.6 is 12.0 Å². The normalized spacial score (nSPS) is 11.7. The van der Waals surface area contributed by atoms with Gasteiger partial charge in [-0.25, -0.2) is 5.26 Å². The maximum atomic E-state index is 12.1. The van der Waals surface area contributed by atoms with Crippen molar-refractivity contribution in [2.75, 3.05) is 13.2 Å². The molecule has 8 nitrogen and oxygen atoms in total. The van der Waals surface area contributed by atoms with Gasteiger partial charge in [-0.05, 0) is 12.8 Å². The number of benzene rings is 1. The Labute approximate surface area is 247 Å². The zero-order valence-electron chi connectivity index (χ0n) is 24.9. The summed E-state index contributed by atoms with van der Waals surface area (Å²) >= 11 is 0.669. The van der Waals surface area contributed by atoms with Crippen molar-refractivity contribution in [3.05, 3.63) is 12.1 Å². The van der Waals surface area contributed by atoms with Crippen molar-refractivity contribution in [2.24, 2.45) is 0 Å². The smallest absolute Gasteiger partial charge is 0.298 e. The summed E-state index contributed by atoms with van der Waals surface area (Å²) in [5.74, 6) is 0.214. The van der Waals surface area contributed by atoms with Crippen LogP contribution in [0.15, 0.2) is 21.9 Å². The molecule has 0 aliphatic rings. The van der Waals surface area contributed by atoms with Gasteiger partial charge in [0.05, 0.1) is 30.2 Å². The molecule has 0 fully saturated rings. The molecule has 2 N–H and O–H groups in total. The Morgan fingerprint density at radius 2 is 1.02 bits per heavy atom. The molecule has 0 amide bonds. The fourth-order valence-corrected chi connectivity index (χ4v) is 5.70. The van der Waals surface area contributed by atoms with Crippen LogP contribution in [0.5, 0.6) is 11.5 Å². The van der Waals surface area contributed by atoms with Gasteiger partial charge in [-0.15, -0.1) is 4.33 Å². The van der Waals surface area contributed by atoms with Gasteiger partial charge in [0, 0.05) is 12.1 Å². The fourth-order valence-electron chi connectivity index (χ4n) is 4.61. The monoisotopic (exact) mass is 606 g/mol. The average molecular weight is 607 g/mol. The molecule has 0 atom stereocenters. The molecule has 0 saturated heterocycles. The molecule has 0 radical (unpaired) electrons. The third kappa shape index (κ3) is 18.4. The molecular formula is C30H54O8S2. The summed E-state index contributed by atoms with van der Waals surface area (Å²) in [4.78, 5) is 0.0125. The van der Waals surface area contributed by atoms with Crippen LogP contribution in [0.4, 0.5) is 0 Å². The predicted molar refractivity (Wildman–Crippen MR) is 162 cm³/mol. The van der Waals surface area contributed by atoms with Gasteiger partial charge in [0.2, 0.25) is 0 Å². The van der Waals surface area contributed by atoms with E-state index in [0.717, 1.165) is 38.5 Å². The molecule has 1 rings (SSSR count). The van der Waals surface area contributed by atoms with Crippen LogP contribution in [-0.4, -0.2) is 31.4 Å². The Kier molecular flexibility index (Phi) is 22.7. The zero-order valence-corrected chi connectivity index (χ0v) is 26.5. The lowest BCUT2D eigenvalue weighted by atomic mass is 10.1. The minimum Gasteiger partial charge on any atom is -0.492 e. The van der Waals surface area contributed by atoms with Gasteiger partial charge in [-0.1, -0.05) is 134 Å². The van der Waals surface area contributed by atoms with E-state index in [0.29, 0.717) is 30.2 Å². The quantitative estimate of drug-likeness (QED) is 0.0316. The van der Waals surface area contributed by atoms with Gasteiger partial charge in [0.15, 0.2) is 0 Å². The molecule has 40 heavy (non-hydrogen) atoms. The summed E-state index contributed by atoms with van der Waals surface area (Å²) in [6, 6.07) is 2.67. The lowest BCUT2D eigenvalue weighted by Crippen LogP contribution is -2.07. The van der Waals surface area contributed by atoms with Gasteiger partial charge in [-0.2, -0.15) is 8.42 Å². The molecule has 1 aromatic rings. The third-order valence-corrected chi connectivity index (χ3v) is 8.46. The van der Waals surface area contributed by atoms with E-state index in [4.69, 9.17) is 14.7 Å². The Hall–Kier alpha value is -1.04. The molecule has 0 unspecified atom stereocenters. The van der Waals surface area contributed by atoms with E-state index in [2.05, 4.69) is 23.2 Å². The second-order valence-corrected chi connectivity index (χ2v) is 12.6. The highest BCUT2D eigenvalue weighted by atomic mass is 32.2. The van der Waals surface area contributed by atoms with Crippen LogP contribution < -0.4 is 9.47 Å². The van der Waals surface area contributed by atoms with Crippen molar-refractivity contribution in [3.8, 4) is 11.5 Å². The van der Waals surface area contributed by atoms with E-state index in [1.54, 1.807) is 0 Å². The molecule has 0 heterocycles. The standard InChI is InChI=1S/C30H54O8S2/c1-3-5-7-9-11-13-15-17-19-21-23-35-27-26-30(40(32,33)34)28(25-29(27)39-38-37-31)36-24-22-20-18-16-14-12-10-8-6-4-2/h25-26,31H,3-24H2,1-2H3,(H,32,33,34). The van der Waals surface area contributed by atoms with Crippen LogP contribution in [-0.2, 0) is 19.5 Å². The van der Waals surface area contributed by atoms with Crippen molar-refractivity contribution in [3.63, 3.8) is 0 Å². The summed E-state index contributed by atoms with van der Waals surface area (Å²) in [6.07, 6.45) is 23.7. The van der Waals surface area contributed by atoms with Gasteiger partial charge >= 0.3 is 0 Å².